The molecule has 2 aromatic carbocycles. The molecule has 0 saturated heterocycles. The van der Waals surface area contributed by atoms with Gasteiger partial charge in [-0.25, -0.2) is 0 Å². The number of aromatic nitrogens is 2. The fraction of sp³-hybridized carbons (Fsp3) is 0.125. The van der Waals surface area contributed by atoms with Gasteiger partial charge in [0.2, 0.25) is 5.82 Å². The zero-order valence-electron chi connectivity index (χ0n) is 11.1. The Labute approximate surface area is 120 Å². The Morgan fingerprint density at radius 3 is 2.71 bits per heavy atom. The van der Waals surface area contributed by atoms with Crippen LogP contribution in [0.4, 0.5) is 0 Å². The molecule has 0 amide bonds. The fourth-order valence-corrected chi connectivity index (χ4v) is 2.46. The smallest absolute Gasteiger partial charge is 0.261 e. The number of hydrogen-bond donors (Lipinski definition) is 1. The van der Waals surface area contributed by atoms with Gasteiger partial charge in [0.1, 0.15) is 11.5 Å². The van der Waals surface area contributed by atoms with Crippen LogP contribution in [0, 0.1) is 0 Å². The number of ether oxygens (including phenoxy) is 1. The van der Waals surface area contributed by atoms with E-state index in [4.69, 9.17) is 9.26 Å². The molecule has 2 heterocycles. The summed E-state index contributed by atoms with van der Waals surface area (Å²) in [5.41, 5.74) is 1.66. The molecular weight excluding hydrogens is 268 g/mol. The summed E-state index contributed by atoms with van der Waals surface area (Å²) in [4.78, 5) is 4.34. The highest BCUT2D eigenvalue weighted by Gasteiger charge is 2.28. The number of nitrogens with zero attached hydrogens (tertiary/aromatic N) is 2. The Morgan fingerprint density at radius 2 is 1.86 bits per heavy atom. The van der Waals surface area contributed by atoms with Crippen LogP contribution in [0.1, 0.15) is 17.5 Å². The van der Waals surface area contributed by atoms with Crippen molar-refractivity contribution >= 4 is 0 Å². The quantitative estimate of drug-likeness (QED) is 0.781. The number of hydrogen-bond acceptors (Lipinski definition) is 5. The third kappa shape index (κ3) is 2.03. The number of fused-ring (bicyclic) bond motifs is 1. The predicted octanol–water partition coefficient (Wildman–Crippen LogP) is 3.12. The monoisotopic (exact) mass is 280 g/mol. The summed E-state index contributed by atoms with van der Waals surface area (Å²) in [7, 11) is 0. The number of phenolic OH excluding ortho intramolecular Hbond substituents is 1. The molecule has 5 heteroatoms. The second kappa shape index (κ2) is 4.63. The van der Waals surface area contributed by atoms with Crippen molar-refractivity contribution in [2.45, 2.75) is 12.5 Å². The van der Waals surface area contributed by atoms with E-state index >= 15 is 0 Å². The second-order valence-electron chi connectivity index (χ2n) is 4.89. The van der Waals surface area contributed by atoms with E-state index in [1.54, 1.807) is 24.3 Å². The standard InChI is InChI=1S/C16H12N2O3/c19-12-7-3-2-6-11(12)16-17-15(18-21-16)14-9-10-5-1-4-8-13(10)20-14/h1-8,14,19H,9H2. The topological polar surface area (TPSA) is 68.4 Å². The summed E-state index contributed by atoms with van der Waals surface area (Å²) in [6.07, 6.45) is 0.474. The van der Waals surface area contributed by atoms with E-state index < -0.39 is 0 Å². The Morgan fingerprint density at radius 1 is 1.05 bits per heavy atom. The van der Waals surface area contributed by atoms with Crippen LogP contribution >= 0.6 is 0 Å². The van der Waals surface area contributed by atoms with Crippen LogP contribution in [-0.4, -0.2) is 15.2 Å². The lowest BCUT2D eigenvalue weighted by Gasteiger charge is -2.04. The highest BCUT2D eigenvalue weighted by molar-refractivity contribution is 5.61. The number of benzene rings is 2. The molecular formula is C16H12N2O3. The van der Waals surface area contributed by atoms with Crippen LogP contribution in [0.2, 0.25) is 0 Å². The van der Waals surface area contributed by atoms with Crippen molar-refractivity contribution in [3.63, 3.8) is 0 Å². The zero-order valence-corrected chi connectivity index (χ0v) is 11.1. The molecule has 0 radical (unpaired) electrons. The van der Waals surface area contributed by atoms with Crippen LogP contribution in [0.3, 0.4) is 0 Å². The molecule has 0 fully saturated rings. The first-order valence-electron chi connectivity index (χ1n) is 6.68. The molecule has 104 valence electrons. The number of aromatic hydroxyl groups is 1. The summed E-state index contributed by atoms with van der Waals surface area (Å²) >= 11 is 0. The molecule has 1 aromatic heterocycles. The van der Waals surface area contributed by atoms with E-state index in [0.717, 1.165) is 17.7 Å². The Hall–Kier alpha value is -2.82. The first-order chi connectivity index (χ1) is 10.3. The average molecular weight is 280 g/mol. The van der Waals surface area contributed by atoms with Crippen LogP contribution < -0.4 is 4.74 Å². The van der Waals surface area contributed by atoms with Gasteiger partial charge in [-0.05, 0) is 23.8 Å². The third-order valence-electron chi connectivity index (χ3n) is 3.51. The van der Waals surface area contributed by atoms with Gasteiger partial charge in [0.25, 0.3) is 5.89 Å². The van der Waals surface area contributed by atoms with Crippen molar-refractivity contribution in [3.8, 4) is 23.0 Å². The minimum atomic E-state index is -0.245. The maximum atomic E-state index is 9.82. The van der Waals surface area contributed by atoms with Crippen molar-refractivity contribution in [1.29, 1.82) is 0 Å². The molecule has 1 aliphatic rings. The summed E-state index contributed by atoms with van der Waals surface area (Å²) in [6.45, 7) is 0. The van der Waals surface area contributed by atoms with E-state index in [-0.39, 0.29) is 11.9 Å². The Bertz CT molecular complexity index is 772. The maximum absolute atomic E-state index is 9.82. The van der Waals surface area contributed by atoms with Gasteiger partial charge < -0.3 is 14.4 Å². The molecule has 0 spiro atoms. The largest absolute Gasteiger partial charge is 0.507 e. The number of phenols is 1. The van der Waals surface area contributed by atoms with Crippen LogP contribution in [0.15, 0.2) is 53.1 Å². The van der Waals surface area contributed by atoms with Gasteiger partial charge >= 0.3 is 0 Å². The zero-order chi connectivity index (χ0) is 14.2. The summed E-state index contributed by atoms with van der Waals surface area (Å²) in [5, 5.41) is 13.8. The molecule has 1 N–H and O–H groups in total. The van der Waals surface area contributed by atoms with Crippen molar-refractivity contribution in [2.24, 2.45) is 0 Å². The number of para-hydroxylation sites is 2. The minimum Gasteiger partial charge on any atom is -0.507 e. The molecule has 3 aromatic rings. The average Bonchev–Trinajstić information content (AvgIpc) is 3.14. The first kappa shape index (κ1) is 12.0. The Balaban J connectivity index is 1.63. The molecule has 4 rings (SSSR count). The Kier molecular flexibility index (Phi) is 2.64. The highest BCUT2D eigenvalue weighted by Crippen LogP contribution is 2.36. The van der Waals surface area contributed by atoms with Crippen molar-refractivity contribution in [3.05, 3.63) is 59.9 Å². The van der Waals surface area contributed by atoms with E-state index in [0.29, 0.717) is 17.3 Å². The van der Waals surface area contributed by atoms with Gasteiger partial charge in [-0.1, -0.05) is 35.5 Å². The molecule has 5 nitrogen and oxygen atoms in total. The van der Waals surface area contributed by atoms with Crippen LogP contribution in [-0.2, 0) is 6.42 Å². The van der Waals surface area contributed by atoms with Gasteiger partial charge in [0, 0.05) is 6.42 Å². The molecule has 0 aliphatic carbocycles. The van der Waals surface area contributed by atoms with E-state index in [2.05, 4.69) is 10.1 Å². The van der Waals surface area contributed by atoms with Crippen molar-refractivity contribution < 1.29 is 14.4 Å². The summed E-state index contributed by atoms with van der Waals surface area (Å²) in [5.74, 6) is 1.76. The summed E-state index contributed by atoms with van der Waals surface area (Å²) < 4.78 is 11.1. The van der Waals surface area contributed by atoms with E-state index in [1.807, 2.05) is 24.3 Å². The number of rotatable bonds is 2. The third-order valence-corrected chi connectivity index (χ3v) is 3.51. The molecule has 1 unspecified atom stereocenters. The second-order valence-corrected chi connectivity index (χ2v) is 4.89. The van der Waals surface area contributed by atoms with Crippen molar-refractivity contribution in [2.75, 3.05) is 0 Å². The molecule has 0 saturated carbocycles. The lowest BCUT2D eigenvalue weighted by molar-refractivity contribution is 0.221. The SMILES string of the molecule is Oc1ccccc1-c1nc(C2Cc3ccccc3O2)no1. The van der Waals surface area contributed by atoms with Gasteiger partial charge in [-0.15, -0.1) is 0 Å². The van der Waals surface area contributed by atoms with Gasteiger partial charge in [-0.2, -0.15) is 4.98 Å². The highest BCUT2D eigenvalue weighted by atomic mass is 16.5. The van der Waals surface area contributed by atoms with Crippen molar-refractivity contribution in [1.82, 2.24) is 10.1 Å². The molecule has 21 heavy (non-hydrogen) atoms. The van der Waals surface area contributed by atoms with Gasteiger partial charge in [0.15, 0.2) is 6.10 Å². The lowest BCUT2D eigenvalue weighted by Crippen LogP contribution is -2.05. The first-order valence-corrected chi connectivity index (χ1v) is 6.68. The molecule has 0 bridgehead atoms. The van der Waals surface area contributed by atoms with Gasteiger partial charge in [0.05, 0.1) is 5.56 Å². The fourth-order valence-electron chi connectivity index (χ4n) is 2.46. The van der Waals surface area contributed by atoms with E-state index in [1.165, 1.54) is 0 Å². The summed E-state index contributed by atoms with van der Waals surface area (Å²) in [6, 6.07) is 14.7. The van der Waals surface area contributed by atoms with Crippen LogP contribution in [0.25, 0.3) is 11.5 Å². The molecule has 1 aliphatic heterocycles. The van der Waals surface area contributed by atoms with Gasteiger partial charge in [-0.3, -0.25) is 0 Å². The molecule has 1 atom stereocenters. The normalized spacial score (nSPS) is 16.5. The predicted molar refractivity (Wildman–Crippen MR) is 74.9 cm³/mol. The lowest BCUT2D eigenvalue weighted by atomic mass is 10.1. The maximum Gasteiger partial charge on any atom is 0.261 e. The van der Waals surface area contributed by atoms with Crippen LogP contribution in [0.5, 0.6) is 11.5 Å². The van der Waals surface area contributed by atoms with E-state index in [9.17, 15) is 5.11 Å². The minimum absolute atomic E-state index is 0.114.